The molecule has 1 saturated heterocycles. The number of hydrogen-bond donors (Lipinski definition) is 2. The Morgan fingerprint density at radius 3 is 2.81 bits per heavy atom. The van der Waals surface area contributed by atoms with E-state index in [2.05, 4.69) is 10.0 Å². The van der Waals surface area contributed by atoms with Crippen molar-refractivity contribution in [1.29, 1.82) is 0 Å². The zero-order valence-electron chi connectivity index (χ0n) is 14.9. The highest BCUT2D eigenvalue weighted by Crippen LogP contribution is 2.15. The van der Waals surface area contributed by atoms with Gasteiger partial charge in [-0.2, -0.15) is 0 Å². The van der Waals surface area contributed by atoms with E-state index in [9.17, 15) is 18.0 Å². The third-order valence-electron chi connectivity index (χ3n) is 3.91. The van der Waals surface area contributed by atoms with E-state index in [1.54, 1.807) is 6.92 Å². The van der Waals surface area contributed by atoms with Crippen molar-refractivity contribution in [1.82, 2.24) is 10.0 Å². The Morgan fingerprint density at radius 2 is 2.15 bits per heavy atom. The number of carbonyl (C=O) groups is 2. The van der Waals surface area contributed by atoms with E-state index in [0.29, 0.717) is 13.2 Å². The second-order valence-electron chi connectivity index (χ2n) is 5.96. The topological polar surface area (TPSA) is 111 Å². The summed E-state index contributed by atoms with van der Waals surface area (Å²) in [6.07, 6.45) is 0.626. The lowest BCUT2D eigenvalue weighted by Gasteiger charge is -2.14. The molecule has 1 aliphatic rings. The summed E-state index contributed by atoms with van der Waals surface area (Å²) in [7, 11) is -3.77. The number of rotatable bonds is 8. The highest BCUT2D eigenvalue weighted by atomic mass is 32.2. The van der Waals surface area contributed by atoms with Crippen LogP contribution in [-0.2, 0) is 24.3 Å². The van der Waals surface area contributed by atoms with Crippen LogP contribution in [0, 0.1) is 0 Å². The maximum Gasteiger partial charge on any atom is 0.338 e. The Balaban J connectivity index is 2.03. The third-order valence-corrected chi connectivity index (χ3v) is 5.33. The fourth-order valence-electron chi connectivity index (χ4n) is 2.48. The number of amides is 1. The first-order valence-electron chi connectivity index (χ1n) is 8.53. The minimum atomic E-state index is -3.77. The van der Waals surface area contributed by atoms with Crippen molar-refractivity contribution in [3.8, 4) is 0 Å². The molecule has 0 unspecified atom stereocenters. The Kier molecular flexibility index (Phi) is 7.13. The molecule has 1 heterocycles. The molecule has 2 atom stereocenters. The first kappa shape index (κ1) is 20.3. The molecule has 0 radical (unpaired) electrons. The summed E-state index contributed by atoms with van der Waals surface area (Å²) in [6, 6.07) is 5.51. The van der Waals surface area contributed by atoms with Crippen LogP contribution in [0.3, 0.4) is 0 Å². The molecule has 144 valence electrons. The number of carbonyl (C=O) groups excluding carboxylic acids is 2. The van der Waals surface area contributed by atoms with Crippen LogP contribution in [0.1, 0.15) is 37.0 Å². The molecule has 1 amide bonds. The lowest BCUT2D eigenvalue weighted by Crippen LogP contribution is -2.35. The van der Waals surface area contributed by atoms with Crippen LogP contribution in [0.4, 0.5) is 0 Å². The summed E-state index contributed by atoms with van der Waals surface area (Å²) >= 11 is 0. The van der Waals surface area contributed by atoms with Crippen molar-refractivity contribution in [3.05, 3.63) is 29.8 Å². The molecule has 8 nitrogen and oxygen atoms in total. The molecule has 0 bridgehead atoms. The maximum atomic E-state index is 12.4. The Morgan fingerprint density at radius 1 is 1.38 bits per heavy atom. The Hall–Kier alpha value is -1.97. The van der Waals surface area contributed by atoms with Crippen molar-refractivity contribution < 1.29 is 27.5 Å². The van der Waals surface area contributed by atoms with Crippen LogP contribution in [0.2, 0.25) is 0 Å². The number of hydrogen-bond acceptors (Lipinski definition) is 6. The van der Waals surface area contributed by atoms with Crippen LogP contribution < -0.4 is 10.0 Å². The number of benzene rings is 1. The number of ether oxygens (including phenoxy) is 2. The average molecular weight is 384 g/mol. The van der Waals surface area contributed by atoms with Gasteiger partial charge in [0.05, 0.1) is 16.6 Å². The molecule has 2 rings (SSSR count). The Labute approximate surface area is 153 Å². The van der Waals surface area contributed by atoms with Crippen LogP contribution in [0.15, 0.2) is 29.2 Å². The van der Waals surface area contributed by atoms with E-state index in [0.717, 1.165) is 12.8 Å². The van der Waals surface area contributed by atoms with Gasteiger partial charge in [-0.25, -0.2) is 17.9 Å². The predicted molar refractivity (Wildman–Crippen MR) is 94.2 cm³/mol. The minimum Gasteiger partial charge on any atom is -0.449 e. The van der Waals surface area contributed by atoms with Gasteiger partial charge in [0.25, 0.3) is 5.91 Å². The van der Waals surface area contributed by atoms with Crippen molar-refractivity contribution >= 4 is 21.9 Å². The highest BCUT2D eigenvalue weighted by Gasteiger charge is 2.22. The van der Waals surface area contributed by atoms with Gasteiger partial charge in [-0.15, -0.1) is 0 Å². The zero-order valence-corrected chi connectivity index (χ0v) is 15.7. The number of sulfonamides is 1. The molecular weight excluding hydrogens is 360 g/mol. The van der Waals surface area contributed by atoms with E-state index in [-0.39, 0.29) is 23.1 Å². The monoisotopic (exact) mass is 384 g/mol. The first-order valence-corrected chi connectivity index (χ1v) is 10.0. The van der Waals surface area contributed by atoms with Gasteiger partial charge < -0.3 is 14.8 Å². The largest absolute Gasteiger partial charge is 0.449 e. The number of likely N-dealkylation sites (N-methyl/N-ethyl adjacent to an activating group) is 1. The highest BCUT2D eigenvalue weighted by molar-refractivity contribution is 7.89. The van der Waals surface area contributed by atoms with Gasteiger partial charge in [-0.3, -0.25) is 4.79 Å². The zero-order chi connectivity index (χ0) is 19.2. The van der Waals surface area contributed by atoms with Crippen molar-refractivity contribution in [3.63, 3.8) is 0 Å². The van der Waals surface area contributed by atoms with E-state index >= 15 is 0 Å². The van der Waals surface area contributed by atoms with E-state index in [1.165, 1.54) is 31.2 Å². The number of nitrogens with one attached hydrogen (secondary N) is 2. The quantitative estimate of drug-likeness (QED) is 0.642. The van der Waals surface area contributed by atoms with Gasteiger partial charge in [0.2, 0.25) is 10.0 Å². The molecule has 1 fully saturated rings. The lowest BCUT2D eigenvalue weighted by molar-refractivity contribution is -0.128. The smallest absolute Gasteiger partial charge is 0.338 e. The standard InChI is InChI=1S/C17H24N2O6S/c1-3-18-16(20)12(2)25-17(21)13-6-4-8-15(10-13)26(22,23)19-11-14-7-5-9-24-14/h4,6,8,10,12,14,19H,3,5,7,9,11H2,1-2H3,(H,18,20)/t12-,14+/m0/s1. The second-order valence-corrected chi connectivity index (χ2v) is 7.72. The van der Waals surface area contributed by atoms with E-state index < -0.39 is 28.0 Å². The second kappa shape index (κ2) is 9.11. The molecule has 9 heteroatoms. The molecule has 1 aromatic rings. The summed E-state index contributed by atoms with van der Waals surface area (Å²) < 4.78 is 37.7. The molecule has 26 heavy (non-hydrogen) atoms. The van der Waals surface area contributed by atoms with Crippen molar-refractivity contribution in [2.75, 3.05) is 19.7 Å². The summed E-state index contributed by atoms with van der Waals surface area (Å²) in [5.41, 5.74) is 0.0566. The lowest BCUT2D eigenvalue weighted by atomic mass is 10.2. The van der Waals surface area contributed by atoms with Crippen LogP contribution in [0.25, 0.3) is 0 Å². The minimum absolute atomic E-state index is 0.0457. The van der Waals surface area contributed by atoms with Gasteiger partial charge in [0.15, 0.2) is 6.10 Å². The van der Waals surface area contributed by atoms with Gasteiger partial charge in [0, 0.05) is 19.7 Å². The molecule has 0 saturated carbocycles. The number of esters is 1. The van der Waals surface area contributed by atoms with Gasteiger partial charge in [-0.05, 0) is 44.9 Å². The summed E-state index contributed by atoms with van der Waals surface area (Å²) in [6.45, 7) is 4.45. The van der Waals surface area contributed by atoms with Gasteiger partial charge in [0.1, 0.15) is 0 Å². The molecule has 0 spiro atoms. The van der Waals surface area contributed by atoms with Crippen LogP contribution >= 0.6 is 0 Å². The van der Waals surface area contributed by atoms with Crippen molar-refractivity contribution in [2.24, 2.45) is 0 Å². The molecule has 1 aliphatic heterocycles. The van der Waals surface area contributed by atoms with Crippen molar-refractivity contribution in [2.45, 2.75) is 43.8 Å². The van der Waals surface area contributed by atoms with Gasteiger partial charge >= 0.3 is 5.97 Å². The van der Waals surface area contributed by atoms with E-state index in [4.69, 9.17) is 9.47 Å². The fourth-order valence-corrected chi connectivity index (χ4v) is 3.59. The SMILES string of the molecule is CCNC(=O)[C@H](C)OC(=O)c1cccc(S(=O)(=O)NC[C@H]2CCCO2)c1. The molecule has 0 aliphatic carbocycles. The van der Waals surface area contributed by atoms with Crippen LogP contribution in [-0.4, -0.2) is 52.2 Å². The van der Waals surface area contributed by atoms with Crippen LogP contribution in [0.5, 0.6) is 0 Å². The molecule has 0 aromatic heterocycles. The predicted octanol–water partition coefficient (Wildman–Crippen LogP) is 0.825. The van der Waals surface area contributed by atoms with Gasteiger partial charge in [-0.1, -0.05) is 6.07 Å². The summed E-state index contributed by atoms with van der Waals surface area (Å²) in [5, 5.41) is 2.55. The molecular formula is C17H24N2O6S. The first-order chi connectivity index (χ1) is 12.3. The van der Waals surface area contributed by atoms with E-state index in [1.807, 2.05) is 0 Å². The molecule has 1 aromatic carbocycles. The maximum absolute atomic E-state index is 12.4. The average Bonchev–Trinajstić information content (AvgIpc) is 3.14. The molecule has 2 N–H and O–H groups in total. The Bertz CT molecular complexity index is 743. The third kappa shape index (κ3) is 5.52. The summed E-state index contributed by atoms with van der Waals surface area (Å²) in [4.78, 5) is 23.8. The summed E-state index contributed by atoms with van der Waals surface area (Å²) in [5.74, 6) is -1.18. The normalized spacial score (nSPS) is 18.3. The fraction of sp³-hybridized carbons (Fsp3) is 0.529.